The van der Waals surface area contributed by atoms with Crippen molar-refractivity contribution in [2.24, 2.45) is 4.99 Å². The normalized spacial score (nSPS) is 19.5. The van der Waals surface area contributed by atoms with Gasteiger partial charge in [0.25, 0.3) is 0 Å². The summed E-state index contributed by atoms with van der Waals surface area (Å²) in [7, 11) is 5.71. The van der Waals surface area contributed by atoms with Gasteiger partial charge in [0, 0.05) is 56.8 Å². The fourth-order valence-electron chi connectivity index (χ4n) is 2.76. The standard InChI is InChI=1S/C18H29BrN4O.HI/c1-20-18(21-9-11-23(2)10-4-12-24-3)22-17-13-16(17)14-5-7-15(19)8-6-14;/h5-8,16-17H,4,9-13H2,1-3H3,(H2,20,21,22);1H. The summed E-state index contributed by atoms with van der Waals surface area (Å²) in [5.74, 6) is 1.48. The molecule has 2 unspecified atom stereocenters. The molecule has 0 radical (unpaired) electrons. The molecule has 1 aliphatic rings. The number of aliphatic imine (C=N–C) groups is 1. The Bertz CT molecular complexity index is 526. The number of methoxy groups -OCH3 is 1. The minimum absolute atomic E-state index is 0. The highest BCUT2D eigenvalue weighted by Crippen LogP contribution is 2.40. The van der Waals surface area contributed by atoms with Crippen LogP contribution in [0.2, 0.25) is 0 Å². The SMILES string of the molecule is CN=C(NCCN(C)CCCOC)NC1CC1c1ccc(Br)cc1.I. The second-order valence-corrected chi connectivity index (χ2v) is 7.21. The molecule has 1 aliphatic carbocycles. The molecule has 1 aromatic rings. The third-order valence-electron chi connectivity index (χ3n) is 4.31. The highest BCUT2D eigenvalue weighted by atomic mass is 127. The number of nitrogens with zero attached hydrogens (tertiary/aromatic N) is 2. The van der Waals surface area contributed by atoms with Gasteiger partial charge in [-0.05, 0) is 37.6 Å². The molecule has 5 nitrogen and oxygen atoms in total. The molecule has 0 amide bonds. The number of hydrogen-bond acceptors (Lipinski definition) is 3. The van der Waals surface area contributed by atoms with Gasteiger partial charge >= 0.3 is 0 Å². The number of likely N-dealkylation sites (N-methyl/N-ethyl adjacent to an activating group) is 1. The van der Waals surface area contributed by atoms with Crippen molar-refractivity contribution in [3.63, 3.8) is 0 Å². The van der Waals surface area contributed by atoms with E-state index in [0.717, 1.165) is 43.1 Å². The quantitative estimate of drug-likeness (QED) is 0.225. The smallest absolute Gasteiger partial charge is 0.191 e. The van der Waals surface area contributed by atoms with Crippen LogP contribution in [-0.2, 0) is 4.74 Å². The minimum atomic E-state index is 0. The molecule has 0 bridgehead atoms. The summed E-state index contributed by atoms with van der Waals surface area (Å²) in [4.78, 5) is 6.64. The van der Waals surface area contributed by atoms with Crippen LogP contribution in [-0.4, -0.2) is 64.3 Å². The number of hydrogen-bond donors (Lipinski definition) is 2. The van der Waals surface area contributed by atoms with Gasteiger partial charge in [0.15, 0.2) is 5.96 Å². The summed E-state index contributed by atoms with van der Waals surface area (Å²) in [6, 6.07) is 9.09. The Balaban J connectivity index is 0.00000312. The van der Waals surface area contributed by atoms with Crippen molar-refractivity contribution in [1.82, 2.24) is 15.5 Å². The Morgan fingerprint density at radius 2 is 2.04 bits per heavy atom. The maximum Gasteiger partial charge on any atom is 0.191 e. The molecule has 0 saturated heterocycles. The van der Waals surface area contributed by atoms with Gasteiger partial charge in [-0.1, -0.05) is 28.1 Å². The Labute approximate surface area is 177 Å². The lowest BCUT2D eigenvalue weighted by Gasteiger charge is -2.18. The van der Waals surface area contributed by atoms with Crippen molar-refractivity contribution in [3.8, 4) is 0 Å². The number of benzene rings is 1. The Hall–Kier alpha value is -0.380. The molecule has 0 heterocycles. The first-order valence-electron chi connectivity index (χ1n) is 8.54. The van der Waals surface area contributed by atoms with E-state index < -0.39 is 0 Å². The molecule has 1 aromatic carbocycles. The van der Waals surface area contributed by atoms with Crippen LogP contribution in [0.4, 0.5) is 0 Å². The number of rotatable bonds is 9. The van der Waals surface area contributed by atoms with Crippen LogP contribution in [0.15, 0.2) is 33.7 Å². The molecule has 2 N–H and O–H groups in total. The van der Waals surface area contributed by atoms with Crippen LogP contribution < -0.4 is 10.6 Å². The highest BCUT2D eigenvalue weighted by molar-refractivity contribution is 14.0. The van der Waals surface area contributed by atoms with Gasteiger partial charge in [0.1, 0.15) is 0 Å². The predicted molar refractivity (Wildman–Crippen MR) is 119 cm³/mol. The summed E-state index contributed by atoms with van der Waals surface area (Å²) in [5, 5.41) is 6.92. The van der Waals surface area contributed by atoms with Crippen molar-refractivity contribution >= 4 is 45.9 Å². The van der Waals surface area contributed by atoms with Crippen molar-refractivity contribution in [3.05, 3.63) is 34.3 Å². The topological polar surface area (TPSA) is 48.9 Å². The van der Waals surface area contributed by atoms with Gasteiger partial charge in [-0.15, -0.1) is 24.0 Å². The van der Waals surface area contributed by atoms with E-state index in [0.29, 0.717) is 12.0 Å². The molecule has 7 heteroatoms. The molecular formula is C18H30BrIN4O. The molecule has 1 fully saturated rings. The Morgan fingerprint density at radius 3 is 2.68 bits per heavy atom. The number of nitrogens with one attached hydrogen (secondary N) is 2. The molecule has 0 aliphatic heterocycles. The molecule has 0 spiro atoms. The van der Waals surface area contributed by atoms with Crippen molar-refractivity contribution in [1.29, 1.82) is 0 Å². The fourth-order valence-corrected chi connectivity index (χ4v) is 3.02. The predicted octanol–water partition coefficient (Wildman–Crippen LogP) is 3.06. The van der Waals surface area contributed by atoms with Crippen molar-refractivity contribution in [2.45, 2.75) is 24.8 Å². The second kappa shape index (κ2) is 12.1. The van der Waals surface area contributed by atoms with E-state index in [-0.39, 0.29) is 24.0 Å². The number of guanidine groups is 1. The molecule has 0 aromatic heterocycles. The fraction of sp³-hybridized carbons (Fsp3) is 0.611. The second-order valence-electron chi connectivity index (χ2n) is 6.29. The molecular weight excluding hydrogens is 495 g/mol. The lowest BCUT2D eigenvalue weighted by molar-refractivity contribution is 0.180. The first kappa shape index (κ1) is 22.7. The van der Waals surface area contributed by atoms with E-state index in [2.05, 4.69) is 67.8 Å². The lowest BCUT2D eigenvalue weighted by atomic mass is 10.1. The summed E-state index contributed by atoms with van der Waals surface area (Å²) in [5.41, 5.74) is 1.39. The van der Waals surface area contributed by atoms with E-state index in [1.807, 2.05) is 7.05 Å². The zero-order valence-corrected chi connectivity index (χ0v) is 19.2. The number of halogens is 2. The van der Waals surface area contributed by atoms with E-state index in [9.17, 15) is 0 Å². The monoisotopic (exact) mass is 524 g/mol. The maximum atomic E-state index is 5.08. The largest absolute Gasteiger partial charge is 0.385 e. The van der Waals surface area contributed by atoms with Crippen LogP contribution in [0.5, 0.6) is 0 Å². The summed E-state index contributed by atoms with van der Waals surface area (Å²) >= 11 is 3.49. The molecule has 2 atom stereocenters. The first-order chi connectivity index (χ1) is 11.6. The summed E-state index contributed by atoms with van der Waals surface area (Å²) < 4.78 is 6.21. The third-order valence-corrected chi connectivity index (χ3v) is 4.84. The lowest BCUT2D eigenvalue weighted by Crippen LogP contribution is -2.42. The Morgan fingerprint density at radius 1 is 1.32 bits per heavy atom. The van der Waals surface area contributed by atoms with E-state index in [1.54, 1.807) is 7.11 Å². The van der Waals surface area contributed by atoms with E-state index in [1.165, 1.54) is 12.0 Å². The third kappa shape index (κ3) is 8.23. The van der Waals surface area contributed by atoms with Gasteiger partial charge in [-0.3, -0.25) is 4.99 Å². The van der Waals surface area contributed by atoms with Gasteiger partial charge in [-0.25, -0.2) is 0 Å². The zero-order chi connectivity index (χ0) is 17.4. The van der Waals surface area contributed by atoms with E-state index >= 15 is 0 Å². The minimum Gasteiger partial charge on any atom is -0.385 e. The zero-order valence-electron chi connectivity index (χ0n) is 15.3. The summed E-state index contributed by atoms with van der Waals surface area (Å²) in [6.45, 7) is 3.75. The maximum absolute atomic E-state index is 5.08. The van der Waals surface area contributed by atoms with Crippen molar-refractivity contribution < 1.29 is 4.74 Å². The van der Waals surface area contributed by atoms with E-state index in [4.69, 9.17) is 4.74 Å². The van der Waals surface area contributed by atoms with Crippen LogP contribution in [0.25, 0.3) is 0 Å². The number of ether oxygens (including phenoxy) is 1. The van der Waals surface area contributed by atoms with Gasteiger partial charge in [0.2, 0.25) is 0 Å². The van der Waals surface area contributed by atoms with Crippen LogP contribution in [0.1, 0.15) is 24.3 Å². The van der Waals surface area contributed by atoms with Gasteiger partial charge in [0.05, 0.1) is 0 Å². The van der Waals surface area contributed by atoms with Gasteiger partial charge in [-0.2, -0.15) is 0 Å². The van der Waals surface area contributed by atoms with Crippen molar-refractivity contribution in [2.75, 3.05) is 47.4 Å². The van der Waals surface area contributed by atoms with Crippen LogP contribution >= 0.6 is 39.9 Å². The molecule has 25 heavy (non-hydrogen) atoms. The molecule has 142 valence electrons. The first-order valence-corrected chi connectivity index (χ1v) is 9.33. The summed E-state index contributed by atoms with van der Waals surface area (Å²) in [6.07, 6.45) is 2.23. The van der Waals surface area contributed by atoms with Crippen LogP contribution in [0.3, 0.4) is 0 Å². The highest BCUT2D eigenvalue weighted by Gasteiger charge is 2.38. The van der Waals surface area contributed by atoms with Crippen LogP contribution in [0, 0.1) is 0 Å². The average Bonchev–Trinajstić information content (AvgIpc) is 3.34. The Kier molecular flexibility index (Phi) is 11.0. The molecule has 1 saturated carbocycles. The average molecular weight is 525 g/mol. The molecule has 2 rings (SSSR count). The van der Waals surface area contributed by atoms with Gasteiger partial charge < -0.3 is 20.3 Å².